The van der Waals surface area contributed by atoms with Crippen LogP contribution in [0.25, 0.3) is 0 Å². The summed E-state index contributed by atoms with van der Waals surface area (Å²) in [7, 11) is 0. The molecule has 2 rings (SSSR count). The number of fused-ring (bicyclic) bond motifs is 2. The number of hydrogen-bond donors (Lipinski definition) is 0. The van der Waals surface area contributed by atoms with E-state index in [0.717, 1.165) is 19.4 Å². The molecule has 0 radical (unpaired) electrons. The molecule has 0 saturated heterocycles. The number of rotatable bonds is 6. The van der Waals surface area contributed by atoms with Gasteiger partial charge in [-0.3, -0.25) is 0 Å². The Balaban J connectivity index is 1.85. The molecule has 1 saturated carbocycles. The highest BCUT2D eigenvalue weighted by atomic mass is 16.7. The van der Waals surface area contributed by atoms with Crippen molar-refractivity contribution in [1.82, 2.24) is 0 Å². The molecule has 4 atom stereocenters. The highest BCUT2D eigenvalue weighted by molar-refractivity contribution is 5.21. The van der Waals surface area contributed by atoms with E-state index >= 15 is 0 Å². The number of unbranched alkanes of at least 4 members (excludes halogenated alkanes) is 1. The molecule has 0 spiro atoms. The zero-order valence-corrected chi connectivity index (χ0v) is 11.7. The van der Waals surface area contributed by atoms with Crippen molar-refractivity contribution in [1.29, 1.82) is 0 Å². The van der Waals surface area contributed by atoms with Gasteiger partial charge < -0.3 is 9.47 Å². The minimum Gasteiger partial charge on any atom is -0.353 e. The maximum Gasteiger partial charge on any atom is 0.155 e. The molecule has 0 aromatic rings. The molecule has 0 aromatic carbocycles. The molecule has 1 fully saturated rings. The lowest BCUT2D eigenvalue weighted by molar-refractivity contribution is -0.205. The molecule has 0 heterocycles. The molecule has 0 N–H and O–H groups in total. The van der Waals surface area contributed by atoms with Crippen molar-refractivity contribution >= 4 is 0 Å². The van der Waals surface area contributed by atoms with Crippen LogP contribution in [0, 0.1) is 11.3 Å². The van der Waals surface area contributed by atoms with Gasteiger partial charge in [0.15, 0.2) is 6.29 Å². The summed E-state index contributed by atoms with van der Waals surface area (Å²) in [4.78, 5) is 0. The zero-order valence-electron chi connectivity index (χ0n) is 11.7. The van der Waals surface area contributed by atoms with Crippen molar-refractivity contribution in [2.24, 2.45) is 11.3 Å². The fourth-order valence-electron chi connectivity index (χ4n) is 3.41. The van der Waals surface area contributed by atoms with Crippen LogP contribution in [0.4, 0.5) is 0 Å². The van der Waals surface area contributed by atoms with Crippen LogP contribution >= 0.6 is 0 Å². The molecule has 98 valence electrons. The number of ether oxygens (including phenoxy) is 2. The fourth-order valence-corrected chi connectivity index (χ4v) is 3.41. The second kappa shape index (κ2) is 4.74. The average Bonchev–Trinajstić information content (AvgIpc) is 2.70. The van der Waals surface area contributed by atoms with Crippen LogP contribution < -0.4 is 0 Å². The van der Waals surface area contributed by atoms with E-state index in [1.165, 1.54) is 12.8 Å². The van der Waals surface area contributed by atoms with Gasteiger partial charge in [-0.15, -0.1) is 0 Å². The topological polar surface area (TPSA) is 18.5 Å². The van der Waals surface area contributed by atoms with E-state index in [2.05, 4.69) is 32.9 Å². The second-order valence-electron chi connectivity index (χ2n) is 6.22. The van der Waals surface area contributed by atoms with Gasteiger partial charge in [0.05, 0.1) is 5.60 Å². The Bertz CT molecular complexity index is 299. The molecule has 4 unspecified atom stereocenters. The van der Waals surface area contributed by atoms with E-state index in [1.54, 1.807) is 0 Å². The monoisotopic (exact) mass is 238 g/mol. The van der Waals surface area contributed by atoms with Gasteiger partial charge in [0.25, 0.3) is 0 Å². The van der Waals surface area contributed by atoms with Gasteiger partial charge in [0.2, 0.25) is 0 Å². The summed E-state index contributed by atoms with van der Waals surface area (Å²) in [5, 5.41) is 0. The Morgan fingerprint density at radius 3 is 2.71 bits per heavy atom. The predicted octanol–water partition coefficient (Wildman–Crippen LogP) is 3.91. The molecule has 0 aliphatic heterocycles. The van der Waals surface area contributed by atoms with E-state index in [0.29, 0.717) is 11.3 Å². The molecule has 2 nitrogen and oxygen atoms in total. The molecule has 2 aliphatic rings. The van der Waals surface area contributed by atoms with Gasteiger partial charge >= 0.3 is 0 Å². The van der Waals surface area contributed by atoms with Gasteiger partial charge in [0.1, 0.15) is 0 Å². The maximum atomic E-state index is 6.17. The zero-order chi connectivity index (χ0) is 12.5. The Labute approximate surface area is 105 Å². The number of allylic oxidation sites excluding steroid dienone is 1. The van der Waals surface area contributed by atoms with Crippen molar-refractivity contribution in [3.05, 3.63) is 12.2 Å². The first-order chi connectivity index (χ1) is 7.97. The first kappa shape index (κ1) is 13.1. The van der Waals surface area contributed by atoms with Crippen LogP contribution in [-0.2, 0) is 9.47 Å². The van der Waals surface area contributed by atoms with E-state index < -0.39 is 0 Å². The second-order valence-corrected chi connectivity index (χ2v) is 6.22. The van der Waals surface area contributed by atoms with Crippen LogP contribution in [0.1, 0.15) is 53.4 Å². The molecule has 2 bridgehead atoms. The average molecular weight is 238 g/mol. The molecule has 0 amide bonds. The lowest BCUT2D eigenvalue weighted by atomic mass is 9.84. The van der Waals surface area contributed by atoms with E-state index in [4.69, 9.17) is 9.47 Å². The maximum absolute atomic E-state index is 6.17. The molecule has 2 heteroatoms. The Kier molecular flexibility index (Phi) is 3.65. The summed E-state index contributed by atoms with van der Waals surface area (Å²) in [6, 6.07) is 0. The SMILES string of the molecule is CCCCOC(C)OC1(C)CC2(C)C=CC1C2. The van der Waals surface area contributed by atoms with Crippen molar-refractivity contribution in [2.75, 3.05) is 6.61 Å². The first-order valence-corrected chi connectivity index (χ1v) is 6.96. The van der Waals surface area contributed by atoms with Crippen LogP contribution in [0.3, 0.4) is 0 Å². The minimum absolute atomic E-state index is 0.0187. The molecular weight excluding hydrogens is 212 g/mol. The lowest BCUT2D eigenvalue weighted by Gasteiger charge is -2.35. The van der Waals surface area contributed by atoms with Crippen LogP contribution in [0.5, 0.6) is 0 Å². The van der Waals surface area contributed by atoms with Crippen molar-refractivity contribution < 1.29 is 9.47 Å². The molecule has 0 aromatic heterocycles. The molecule has 2 aliphatic carbocycles. The Morgan fingerprint density at radius 2 is 2.18 bits per heavy atom. The predicted molar refractivity (Wildman–Crippen MR) is 69.8 cm³/mol. The summed E-state index contributed by atoms with van der Waals surface area (Å²) in [6.07, 6.45) is 9.28. The normalized spacial score (nSPS) is 41.1. The Morgan fingerprint density at radius 1 is 1.41 bits per heavy atom. The third-order valence-electron chi connectivity index (χ3n) is 4.24. The summed E-state index contributed by atoms with van der Waals surface area (Å²) < 4.78 is 11.9. The molecular formula is C15H26O2. The van der Waals surface area contributed by atoms with Gasteiger partial charge in [-0.25, -0.2) is 0 Å². The Hall–Kier alpha value is -0.340. The van der Waals surface area contributed by atoms with Crippen LogP contribution in [-0.4, -0.2) is 18.5 Å². The highest BCUT2D eigenvalue weighted by Gasteiger charge is 2.52. The van der Waals surface area contributed by atoms with Gasteiger partial charge in [-0.05, 0) is 38.5 Å². The van der Waals surface area contributed by atoms with E-state index in [-0.39, 0.29) is 11.9 Å². The van der Waals surface area contributed by atoms with Crippen molar-refractivity contribution in [3.8, 4) is 0 Å². The van der Waals surface area contributed by atoms with Crippen LogP contribution in [0.2, 0.25) is 0 Å². The third kappa shape index (κ3) is 2.74. The first-order valence-electron chi connectivity index (χ1n) is 6.96. The largest absolute Gasteiger partial charge is 0.353 e. The minimum atomic E-state index is -0.0806. The summed E-state index contributed by atoms with van der Waals surface area (Å²) in [6.45, 7) is 9.59. The van der Waals surface area contributed by atoms with Crippen LogP contribution in [0.15, 0.2) is 12.2 Å². The van der Waals surface area contributed by atoms with Crippen molar-refractivity contribution in [2.45, 2.75) is 65.3 Å². The van der Waals surface area contributed by atoms with Gasteiger partial charge in [-0.2, -0.15) is 0 Å². The van der Waals surface area contributed by atoms with Gasteiger partial charge in [0, 0.05) is 12.5 Å². The highest BCUT2D eigenvalue weighted by Crippen LogP contribution is 2.55. The standard InChI is InChI=1S/C15H26O2/c1-5-6-9-16-12(2)17-15(4)11-14(3)8-7-13(15)10-14/h7-8,12-13H,5-6,9-11H2,1-4H3. The summed E-state index contributed by atoms with van der Waals surface area (Å²) >= 11 is 0. The number of hydrogen-bond acceptors (Lipinski definition) is 2. The lowest BCUT2D eigenvalue weighted by Crippen LogP contribution is -2.38. The third-order valence-corrected chi connectivity index (χ3v) is 4.24. The fraction of sp³-hybridized carbons (Fsp3) is 0.867. The van der Waals surface area contributed by atoms with Crippen molar-refractivity contribution in [3.63, 3.8) is 0 Å². The van der Waals surface area contributed by atoms with E-state index in [9.17, 15) is 0 Å². The summed E-state index contributed by atoms with van der Waals surface area (Å²) in [5.74, 6) is 0.574. The smallest absolute Gasteiger partial charge is 0.155 e. The molecule has 17 heavy (non-hydrogen) atoms. The van der Waals surface area contributed by atoms with Gasteiger partial charge in [-0.1, -0.05) is 32.4 Å². The van der Waals surface area contributed by atoms with E-state index in [1.807, 2.05) is 6.92 Å². The quantitative estimate of drug-likeness (QED) is 0.397. The summed E-state index contributed by atoms with van der Waals surface area (Å²) in [5.41, 5.74) is 0.345.